The molecule has 5 heteroatoms. The van der Waals surface area contributed by atoms with Crippen molar-refractivity contribution in [2.24, 2.45) is 5.92 Å². The third-order valence-electron chi connectivity index (χ3n) is 4.60. The molecule has 0 aromatic carbocycles. The van der Waals surface area contributed by atoms with Crippen molar-refractivity contribution in [3.63, 3.8) is 0 Å². The van der Waals surface area contributed by atoms with Gasteiger partial charge < -0.3 is 14.9 Å². The van der Waals surface area contributed by atoms with Gasteiger partial charge >= 0.3 is 5.97 Å². The van der Waals surface area contributed by atoms with Crippen LogP contribution in [-0.4, -0.2) is 39.2 Å². The molecule has 18 heavy (non-hydrogen) atoms. The summed E-state index contributed by atoms with van der Waals surface area (Å²) in [7, 11) is 0. The van der Waals surface area contributed by atoms with Gasteiger partial charge in [0.15, 0.2) is 6.17 Å². The van der Waals surface area contributed by atoms with E-state index in [2.05, 4.69) is 0 Å². The normalized spacial score (nSPS) is 51.2. The second-order valence-corrected chi connectivity index (χ2v) is 6.68. The Bertz CT molecular complexity index is 376. The van der Waals surface area contributed by atoms with E-state index in [4.69, 9.17) is 4.74 Å². The van der Waals surface area contributed by atoms with Gasteiger partial charge in [-0.1, -0.05) is 0 Å². The second kappa shape index (κ2) is 3.45. The van der Waals surface area contributed by atoms with E-state index in [1.807, 2.05) is 0 Å². The molecule has 4 aliphatic carbocycles. The lowest BCUT2D eigenvalue weighted by Crippen LogP contribution is -2.67. The number of aliphatic hydroxyl groups is 2. The van der Waals surface area contributed by atoms with Crippen LogP contribution in [-0.2, 0) is 9.53 Å². The fourth-order valence-corrected chi connectivity index (χ4v) is 4.66. The summed E-state index contributed by atoms with van der Waals surface area (Å²) in [5, 5.41) is 20.9. The summed E-state index contributed by atoms with van der Waals surface area (Å²) in [5.41, 5.74) is -2.76. The van der Waals surface area contributed by atoms with Gasteiger partial charge in [0, 0.05) is 19.3 Å². The van der Waals surface area contributed by atoms with E-state index in [1.54, 1.807) is 0 Å². The van der Waals surface area contributed by atoms with E-state index >= 15 is 0 Å². The Balaban J connectivity index is 1.87. The number of esters is 1. The van der Waals surface area contributed by atoms with Crippen LogP contribution in [0.1, 0.15) is 45.4 Å². The minimum absolute atomic E-state index is 0.166. The Morgan fingerprint density at radius 1 is 1.22 bits per heavy atom. The third-order valence-corrected chi connectivity index (χ3v) is 4.60. The molecular weight excluding hydrogens is 239 g/mol. The maximum Gasteiger partial charge on any atom is 0.340 e. The van der Waals surface area contributed by atoms with Gasteiger partial charge in [-0.05, 0) is 32.1 Å². The molecule has 0 heterocycles. The van der Waals surface area contributed by atoms with Gasteiger partial charge in [-0.2, -0.15) is 0 Å². The van der Waals surface area contributed by atoms with Crippen LogP contribution in [0.4, 0.5) is 4.39 Å². The quantitative estimate of drug-likeness (QED) is 0.727. The van der Waals surface area contributed by atoms with Crippen LogP contribution in [0.2, 0.25) is 0 Å². The number of halogens is 1. The SMILES string of the molecule is CC(F)C(=O)OC12CC3CC(O)(CC(O)(C3)C1)C2. The number of carbonyl (C=O) groups excluding carboxylic acids is 1. The van der Waals surface area contributed by atoms with E-state index < -0.39 is 28.9 Å². The standard InChI is InChI=1S/C13H19FO4/c1-8(14)10(15)18-13-4-9-2-11(16,6-13)5-12(17,3-9)7-13/h8-9,16-17H,2-7H2,1H3. The van der Waals surface area contributed by atoms with Gasteiger partial charge in [0.2, 0.25) is 0 Å². The van der Waals surface area contributed by atoms with Crippen molar-refractivity contribution in [3.8, 4) is 0 Å². The fourth-order valence-electron chi connectivity index (χ4n) is 4.66. The average molecular weight is 258 g/mol. The molecule has 3 atom stereocenters. The van der Waals surface area contributed by atoms with Crippen molar-refractivity contribution in [1.29, 1.82) is 0 Å². The first-order valence-electron chi connectivity index (χ1n) is 6.55. The summed E-state index contributed by atoms with van der Waals surface area (Å²) in [4.78, 5) is 11.5. The first-order valence-corrected chi connectivity index (χ1v) is 6.55. The number of rotatable bonds is 2. The van der Waals surface area contributed by atoms with Crippen molar-refractivity contribution in [2.75, 3.05) is 0 Å². The summed E-state index contributed by atoms with van der Waals surface area (Å²) in [5.74, 6) is -0.719. The zero-order valence-electron chi connectivity index (χ0n) is 10.5. The molecule has 2 N–H and O–H groups in total. The van der Waals surface area contributed by atoms with Gasteiger partial charge in [-0.25, -0.2) is 9.18 Å². The van der Waals surface area contributed by atoms with Crippen molar-refractivity contribution in [3.05, 3.63) is 0 Å². The molecule has 4 rings (SSSR count). The molecule has 4 saturated carbocycles. The van der Waals surface area contributed by atoms with Crippen LogP contribution >= 0.6 is 0 Å². The van der Waals surface area contributed by atoms with Gasteiger partial charge in [-0.3, -0.25) is 0 Å². The van der Waals surface area contributed by atoms with Crippen LogP contribution in [0.15, 0.2) is 0 Å². The Labute approximate surface area is 105 Å². The van der Waals surface area contributed by atoms with E-state index in [0.717, 1.165) is 6.92 Å². The van der Waals surface area contributed by atoms with Crippen LogP contribution in [0, 0.1) is 5.92 Å². The van der Waals surface area contributed by atoms with E-state index in [1.165, 1.54) is 0 Å². The number of alkyl halides is 1. The largest absolute Gasteiger partial charge is 0.457 e. The maximum absolute atomic E-state index is 13.0. The molecule has 4 fully saturated rings. The lowest BCUT2D eigenvalue weighted by atomic mass is 9.50. The predicted molar refractivity (Wildman–Crippen MR) is 60.5 cm³/mol. The highest BCUT2D eigenvalue weighted by Crippen LogP contribution is 2.60. The molecule has 0 spiro atoms. The van der Waals surface area contributed by atoms with E-state index in [-0.39, 0.29) is 5.92 Å². The van der Waals surface area contributed by atoms with E-state index in [0.29, 0.717) is 38.5 Å². The van der Waals surface area contributed by atoms with Gasteiger partial charge in [0.05, 0.1) is 11.2 Å². The Hall–Kier alpha value is -0.680. The Morgan fingerprint density at radius 3 is 2.22 bits per heavy atom. The maximum atomic E-state index is 13.0. The lowest BCUT2D eigenvalue weighted by molar-refractivity contribution is -0.262. The second-order valence-electron chi connectivity index (χ2n) is 6.68. The highest BCUT2D eigenvalue weighted by molar-refractivity contribution is 5.74. The lowest BCUT2D eigenvalue weighted by Gasteiger charge is -2.62. The molecule has 3 unspecified atom stereocenters. The van der Waals surface area contributed by atoms with Crippen molar-refractivity contribution in [2.45, 2.75) is 68.4 Å². The molecule has 4 aliphatic rings. The van der Waals surface area contributed by atoms with Gasteiger partial charge in [0.1, 0.15) is 5.60 Å². The molecule has 0 aromatic heterocycles. The minimum Gasteiger partial charge on any atom is -0.457 e. The van der Waals surface area contributed by atoms with Crippen molar-refractivity contribution in [1.82, 2.24) is 0 Å². The van der Waals surface area contributed by atoms with Crippen LogP contribution in [0.25, 0.3) is 0 Å². The fraction of sp³-hybridized carbons (Fsp3) is 0.923. The highest BCUT2D eigenvalue weighted by atomic mass is 19.1. The topological polar surface area (TPSA) is 66.8 Å². The first kappa shape index (κ1) is 12.4. The summed E-state index contributed by atoms with van der Waals surface area (Å²) in [6.07, 6.45) is 1.29. The first-order chi connectivity index (χ1) is 8.23. The van der Waals surface area contributed by atoms with Crippen LogP contribution in [0.3, 0.4) is 0 Å². The summed E-state index contributed by atoms with van der Waals surface area (Å²) in [6, 6.07) is 0. The zero-order valence-corrected chi connectivity index (χ0v) is 10.5. The predicted octanol–water partition coefficient (Wildman–Crippen LogP) is 1.09. The molecule has 0 saturated heterocycles. The number of hydrogen-bond acceptors (Lipinski definition) is 4. The Morgan fingerprint density at radius 2 is 1.78 bits per heavy atom. The van der Waals surface area contributed by atoms with Crippen molar-refractivity contribution >= 4 is 5.97 Å². The van der Waals surface area contributed by atoms with Gasteiger partial charge in [-0.15, -0.1) is 0 Å². The molecular formula is C13H19FO4. The van der Waals surface area contributed by atoms with Crippen LogP contribution in [0.5, 0.6) is 0 Å². The molecule has 0 aliphatic heterocycles. The highest BCUT2D eigenvalue weighted by Gasteiger charge is 2.64. The molecule has 102 valence electrons. The molecule has 4 bridgehead atoms. The Kier molecular flexibility index (Phi) is 2.37. The summed E-state index contributed by atoms with van der Waals surface area (Å²) in [6.45, 7) is 1.15. The molecule has 0 amide bonds. The summed E-state index contributed by atoms with van der Waals surface area (Å²) < 4.78 is 18.3. The van der Waals surface area contributed by atoms with E-state index in [9.17, 15) is 19.4 Å². The van der Waals surface area contributed by atoms with Crippen molar-refractivity contribution < 1.29 is 24.1 Å². The third kappa shape index (κ3) is 1.84. The monoisotopic (exact) mass is 258 g/mol. The molecule has 0 radical (unpaired) electrons. The molecule has 4 nitrogen and oxygen atoms in total. The summed E-state index contributed by atoms with van der Waals surface area (Å²) >= 11 is 0. The van der Waals surface area contributed by atoms with Crippen LogP contribution < -0.4 is 0 Å². The number of ether oxygens (including phenoxy) is 1. The number of carbonyl (C=O) groups is 1. The smallest absolute Gasteiger partial charge is 0.340 e. The zero-order chi connectivity index (χ0) is 13.2. The molecule has 0 aromatic rings. The average Bonchev–Trinajstić information content (AvgIpc) is 2.09. The number of hydrogen-bond donors (Lipinski definition) is 2. The van der Waals surface area contributed by atoms with Gasteiger partial charge in [0.25, 0.3) is 0 Å². The minimum atomic E-state index is -1.66.